The Morgan fingerprint density at radius 3 is 1.06 bits per heavy atom. The molecule has 4 aliphatic rings. The second-order valence-electron chi connectivity index (χ2n) is 20.5. The fourth-order valence-electron chi connectivity index (χ4n) is 11.9. The van der Waals surface area contributed by atoms with Crippen molar-refractivity contribution >= 4 is 109 Å². The maximum absolute atomic E-state index is 5.48. The topological polar surface area (TPSA) is 108 Å². The zero-order valence-corrected chi connectivity index (χ0v) is 54.5. The van der Waals surface area contributed by atoms with Gasteiger partial charge in [0.15, 0.2) is 0 Å². The van der Waals surface area contributed by atoms with Crippen molar-refractivity contribution in [3.8, 4) is 23.0 Å². The van der Waals surface area contributed by atoms with Gasteiger partial charge in [-0.2, -0.15) is 0 Å². The Hall–Kier alpha value is -6.29. The average molecular weight is 1210 g/mol. The molecular weight excluding hydrogens is 1140 g/mol. The first kappa shape index (κ1) is 57.4. The van der Waals surface area contributed by atoms with Gasteiger partial charge in [-0.05, 0) is 197 Å². The number of aromatic nitrogens is 8. The molecule has 0 saturated carbocycles. The van der Waals surface area contributed by atoms with E-state index in [1.807, 2.05) is 0 Å². The van der Waals surface area contributed by atoms with E-state index < -0.39 is 0 Å². The van der Waals surface area contributed by atoms with Gasteiger partial charge < -0.3 is 19.9 Å². The standard InChI is InChI=1S/C68H65BrN8.2Zn/c1-9-41(10-2)63-51-25-22-46(70-51)39-47-23-26-52(71-47)64(42(11-3)12-4)56-32-34-60(75-56)67(59-33-31-55(63)74-59)45-20-17-40(18-21-45)19-24-48-49-27-29-53(72-49)65(43(13-5)14-6)57-35-37-61(76-57)68(69)62-38-36-58(77-62)66(44(15-7)16-8)54-30-28-50(48)73-54;;/h17-18,20-23,25-39,41-44H,9-16H2,1-8H3;;/q-4;2*+2. The van der Waals surface area contributed by atoms with E-state index in [1.165, 1.54) is 11.1 Å². The molecule has 0 saturated heterocycles. The predicted octanol–water partition coefficient (Wildman–Crippen LogP) is 17.6. The number of halogens is 1. The molecule has 0 aliphatic carbocycles. The molecule has 0 N–H and O–H groups in total. The quantitative estimate of drug-likeness (QED) is 0.0830. The molecule has 388 valence electrons. The number of rotatable bonds is 13. The maximum atomic E-state index is 5.48. The van der Waals surface area contributed by atoms with Gasteiger partial charge in [-0.3, -0.25) is 0 Å². The second-order valence-corrected chi connectivity index (χ2v) is 21.3. The molecular formula is C68H65BrN8Zn2. The fraction of sp³-hybridized carbons (Fsp3) is 0.294. The molecule has 0 atom stereocenters. The van der Waals surface area contributed by atoms with Crippen molar-refractivity contribution in [3.05, 3.63) is 162 Å². The Morgan fingerprint density at radius 1 is 0.367 bits per heavy atom. The van der Waals surface area contributed by atoms with Gasteiger partial charge in [-0.25, -0.2) is 19.9 Å². The van der Waals surface area contributed by atoms with Crippen molar-refractivity contribution < 1.29 is 39.0 Å². The van der Waals surface area contributed by atoms with E-state index in [1.54, 1.807) is 0 Å². The second kappa shape index (κ2) is 25.0. The van der Waals surface area contributed by atoms with E-state index in [-0.39, 0.29) is 62.6 Å². The minimum atomic E-state index is 0. The predicted molar refractivity (Wildman–Crippen MR) is 326 cm³/mol. The van der Waals surface area contributed by atoms with Gasteiger partial charge in [0.2, 0.25) is 0 Å². The van der Waals surface area contributed by atoms with E-state index in [0.717, 1.165) is 179 Å². The van der Waals surface area contributed by atoms with Crippen LogP contribution in [0.4, 0.5) is 0 Å². The number of hydrogen-bond donors (Lipinski definition) is 0. The van der Waals surface area contributed by atoms with Gasteiger partial charge in [0, 0.05) is 5.56 Å². The normalized spacial score (nSPS) is 12.5. The van der Waals surface area contributed by atoms with Crippen molar-refractivity contribution in [2.75, 3.05) is 0 Å². The number of benzene rings is 1. The van der Waals surface area contributed by atoms with Gasteiger partial charge in [-0.1, -0.05) is 128 Å². The molecule has 1 aromatic carbocycles. The molecule has 16 bridgehead atoms. The molecule has 0 amide bonds. The molecule has 0 spiro atoms. The third-order valence-corrected chi connectivity index (χ3v) is 17.0. The van der Waals surface area contributed by atoms with Crippen LogP contribution in [-0.2, 0) is 39.0 Å². The molecule has 8 nitrogen and oxygen atoms in total. The van der Waals surface area contributed by atoms with E-state index in [2.05, 4.69) is 211 Å². The SMILES string of the molecule is CCC(CC)c1c2nc(c(Br)c3nc(c(C(CC)CC)c4ccc([n-]4)c(C#Cc4ccc(-c5c6ccc([n-]6)c(C(CC)CC)c6nc(cc7nc(c(C(CC)CC)c8ccc5[n-]8)C=C7)C=C6)cc4)c4ccc1[n-]4)C=C3)C=C2.[Zn+2].[Zn+2]. The van der Waals surface area contributed by atoms with Gasteiger partial charge in [-0.15, -0.1) is 44.1 Å². The summed E-state index contributed by atoms with van der Waals surface area (Å²) >= 11 is 3.91. The average Bonchev–Trinajstić information content (AvgIpc) is 4.41. The van der Waals surface area contributed by atoms with Crippen molar-refractivity contribution in [1.82, 2.24) is 39.9 Å². The van der Waals surface area contributed by atoms with Gasteiger partial charge in [0.1, 0.15) is 0 Å². The molecule has 0 fully saturated rings. The van der Waals surface area contributed by atoms with Gasteiger partial charge >= 0.3 is 39.0 Å². The van der Waals surface area contributed by atoms with Crippen molar-refractivity contribution in [2.24, 2.45) is 0 Å². The van der Waals surface area contributed by atoms with Crippen molar-refractivity contribution in [1.29, 1.82) is 0 Å². The van der Waals surface area contributed by atoms with E-state index in [4.69, 9.17) is 39.9 Å². The van der Waals surface area contributed by atoms with Gasteiger partial charge in [0.25, 0.3) is 0 Å². The summed E-state index contributed by atoms with van der Waals surface area (Å²) in [6.07, 6.45) is 24.7. The van der Waals surface area contributed by atoms with Gasteiger partial charge in [0.05, 0.1) is 50.0 Å². The molecule has 6 aromatic heterocycles. The van der Waals surface area contributed by atoms with Crippen LogP contribution >= 0.6 is 15.9 Å². The Morgan fingerprint density at radius 2 is 0.684 bits per heavy atom. The molecule has 7 aromatic rings. The first-order valence-corrected chi connectivity index (χ1v) is 28.8. The van der Waals surface area contributed by atoms with Crippen LogP contribution in [0, 0.1) is 11.8 Å². The van der Waals surface area contributed by atoms with Crippen LogP contribution in [0.1, 0.15) is 209 Å². The van der Waals surface area contributed by atoms with Crippen LogP contribution in [0.2, 0.25) is 0 Å². The zero-order chi connectivity index (χ0) is 53.3. The number of fused-ring (bicyclic) bond motifs is 16. The molecule has 10 heterocycles. The molecule has 0 radical (unpaired) electrons. The maximum Gasteiger partial charge on any atom is 2.00 e. The van der Waals surface area contributed by atoms with Crippen LogP contribution in [-0.4, -0.2) is 19.9 Å². The minimum absolute atomic E-state index is 0. The third-order valence-electron chi connectivity index (χ3n) is 16.2. The molecule has 0 unspecified atom stereocenters. The van der Waals surface area contributed by atoms with Crippen molar-refractivity contribution in [3.63, 3.8) is 0 Å². The van der Waals surface area contributed by atoms with Crippen molar-refractivity contribution in [2.45, 2.75) is 130 Å². The van der Waals surface area contributed by atoms with E-state index >= 15 is 0 Å². The minimum Gasteiger partial charge on any atom is -0.657 e. The summed E-state index contributed by atoms with van der Waals surface area (Å²) < 4.78 is 0.874. The number of hydrogen-bond acceptors (Lipinski definition) is 4. The fourth-order valence-corrected chi connectivity index (χ4v) is 12.3. The van der Waals surface area contributed by atoms with Crippen LogP contribution in [0.25, 0.3) is 104 Å². The summed E-state index contributed by atoms with van der Waals surface area (Å²) in [5.41, 5.74) is 22.5. The Bertz CT molecular complexity index is 3750. The monoisotopic (exact) mass is 1200 g/mol. The Labute approximate surface area is 499 Å². The summed E-state index contributed by atoms with van der Waals surface area (Å²) in [5, 5.41) is 0. The number of nitrogens with zero attached hydrogens (tertiary/aromatic N) is 8. The Balaban J connectivity index is 0.00000378. The summed E-state index contributed by atoms with van der Waals surface area (Å²) in [4.78, 5) is 42.7. The summed E-state index contributed by atoms with van der Waals surface area (Å²) in [6, 6.07) is 27.8. The molecule has 79 heavy (non-hydrogen) atoms. The molecule has 11 rings (SSSR count). The van der Waals surface area contributed by atoms with Crippen LogP contribution < -0.4 is 19.9 Å². The largest absolute Gasteiger partial charge is 2.00 e. The summed E-state index contributed by atoms with van der Waals surface area (Å²) in [7, 11) is 0. The van der Waals surface area contributed by atoms with Crippen LogP contribution in [0.15, 0.2) is 83.3 Å². The van der Waals surface area contributed by atoms with E-state index in [9.17, 15) is 0 Å². The van der Waals surface area contributed by atoms with E-state index in [0.29, 0.717) is 0 Å². The summed E-state index contributed by atoms with van der Waals surface area (Å²) in [6.45, 7) is 18.0. The van der Waals surface area contributed by atoms with Crippen LogP contribution in [0.3, 0.4) is 0 Å². The molecule has 4 aliphatic heterocycles. The Kier molecular flexibility index (Phi) is 18.2. The first-order valence-electron chi connectivity index (χ1n) is 28.0. The summed E-state index contributed by atoms with van der Waals surface area (Å²) in [5.74, 6) is 8.31. The zero-order valence-electron chi connectivity index (χ0n) is 47.0. The molecule has 11 heteroatoms. The van der Waals surface area contributed by atoms with Crippen LogP contribution in [0.5, 0.6) is 0 Å². The first-order chi connectivity index (χ1) is 37.7. The smallest absolute Gasteiger partial charge is 0.657 e. The third kappa shape index (κ3) is 11.2.